The van der Waals surface area contributed by atoms with Crippen molar-refractivity contribution in [3.8, 4) is 0 Å². The lowest BCUT2D eigenvalue weighted by molar-refractivity contribution is -0.143. The SMILES string of the molecule is CN(CCCCC(C)(C)CN)CC(F)(F)F. The van der Waals surface area contributed by atoms with Crippen LogP contribution in [-0.2, 0) is 0 Å². The Kier molecular flexibility index (Phi) is 6.33. The smallest absolute Gasteiger partial charge is 0.330 e. The zero-order valence-corrected chi connectivity index (χ0v) is 10.4. The van der Waals surface area contributed by atoms with Crippen LogP contribution in [0.25, 0.3) is 0 Å². The number of unbranched alkanes of at least 4 members (excludes halogenated alkanes) is 1. The van der Waals surface area contributed by atoms with Crippen molar-refractivity contribution < 1.29 is 13.2 Å². The van der Waals surface area contributed by atoms with Gasteiger partial charge in [0.15, 0.2) is 0 Å². The Hall–Kier alpha value is -0.290. The predicted octanol–water partition coefficient (Wildman–Crippen LogP) is 2.64. The molecule has 0 heterocycles. The van der Waals surface area contributed by atoms with Gasteiger partial charge in [0.05, 0.1) is 6.54 Å². The largest absolute Gasteiger partial charge is 0.401 e. The molecule has 0 aliphatic carbocycles. The van der Waals surface area contributed by atoms with Gasteiger partial charge in [-0.15, -0.1) is 0 Å². The van der Waals surface area contributed by atoms with Crippen molar-refractivity contribution in [3.63, 3.8) is 0 Å². The van der Waals surface area contributed by atoms with E-state index in [0.29, 0.717) is 13.1 Å². The van der Waals surface area contributed by atoms with Gasteiger partial charge in [-0.2, -0.15) is 13.2 Å². The Morgan fingerprint density at radius 2 is 1.69 bits per heavy atom. The Labute approximate surface area is 96.0 Å². The first-order valence-corrected chi connectivity index (χ1v) is 5.62. The number of rotatable bonds is 7. The van der Waals surface area contributed by atoms with Gasteiger partial charge in [0.2, 0.25) is 0 Å². The van der Waals surface area contributed by atoms with Gasteiger partial charge >= 0.3 is 6.18 Å². The molecule has 5 heteroatoms. The maximum atomic E-state index is 12.0. The van der Waals surface area contributed by atoms with Crippen molar-refractivity contribution in [2.45, 2.75) is 39.3 Å². The molecule has 0 amide bonds. The van der Waals surface area contributed by atoms with Gasteiger partial charge in [0.1, 0.15) is 0 Å². The minimum Gasteiger partial charge on any atom is -0.330 e. The average molecular weight is 240 g/mol. The summed E-state index contributed by atoms with van der Waals surface area (Å²) in [5.41, 5.74) is 5.67. The molecule has 0 aromatic rings. The lowest BCUT2D eigenvalue weighted by atomic mass is 9.87. The van der Waals surface area contributed by atoms with Crippen molar-refractivity contribution in [1.82, 2.24) is 4.90 Å². The number of nitrogens with two attached hydrogens (primary N) is 1. The molecule has 2 N–H and O–H groups in total. The van der Waals surface area contributed by atoms with E-state index in [0.717, 1.165) is 19.3 Å². The average Bonchev–Trinajstić information content (AvgIpc) is 2.10. The molecule has 0 bridgehead atoms. The van der Waals surface area contributed by atoms with Crippen LogP contribution in [0.1, 0.15) is 33.1 Å². The van der Waals surface area contributed by atoms with Crippen molar-refractivity contribution >= 4 is 0 Å². The topological polar surface area (TPSA) is 29.3 Å². The molecule has 0 aliphatic rings. The van der Waals surface area contributed by atoms with Crippen LogP contribution in [0, 0.1) is 5.41 Å². The van der Waals surface area contributed by atoms with Gasteiger partial charge in [-0.3, -0.25) is 4.90 Å². The van der Waals surface area contributed by atoms with Crippen molar-refractivity contribution in [2.75, 3.05) is 26.7 Å². The highest BCUT2D eigenvalue weighted by atomic mass is 19.4. The molecular weight excluding hydrogens is 217 g/mol. The third-order valence-corrected chi connectivity index (χ3v) is 2.65. The van der Waals surface area contributed by atoms with Crippen molar-refractivity contribution in [3.05, 3.63) is 0 Å². The van der Waals surface area contributed by atoms with Crippen LogP contribution in [0.2, 0.25) is 0 Å². The fourth-order valence-electron chi connectivity index (χ4n) is 1.47. The molecule has 0 saturated heterocycles. The Morgan fingerprint density at radius 3 is 2.12 bits per heavy atom. The predicted molar refractivity (Wildman–Crippen MR) is 60.2 cm³/mol. The third-order valence-electron chi connectivity index (χ3n) is 2.65. The van der Waals surface area contributed by atoms with E-state index in [-0.39, 0.29) is 5.41 Å². The highest BCUT2D eigenvalue weighted by Gasteiger charge is 2.28. The van der Waals surface area contributed by atoms with E-state index >= 15 is 0 Å². The van der Waals surface area contributed by atoms with Crippen LogP contribution in [-0.4, -0.2) is 37.8 Å². The summed E-state index contributed by atoms with van der Waals surface area (Å²) in [7, 11) is 1.50. The maximum Gasteiger partial charge on any atom is 0.401 e. The zero-order valence-electron chi connectivity index (χ0n) is 10.4. The second kappa shape index (κ2) is 6.45. The Morgan fingerprint density at radius 1 is 1.12 bits per heavy atom. The summed E-state index contributed by atoms with van der Waals surface area (Å²) in [6.07, 6.45) is -1.42. The first kappa shape index (κ1) is 15.7. The van der Waals surface area contributed by atoms with E-state index in [2.05, 4.69) is 13.8 Å². The molecule has 0 atom stereocenters. The summed E-state index contributed by atoms with van der Waals surface area (Å²) in [6.45, 7) is 4.43. The standard InChI is InChI=1S/C11H23F3N2/c1-10(2,8-15)6-4-5-7-16(3)9-11(12,13)14/h4-9,15H2,1-3H3. The molecule has 2 nitrogen and oxygen atoms in total. The maximum absolute atomic E-state index is 12.0. The molecular formula is C11H23F3N2. The van der Waals surface area contributed by atoms with E-state index in [1.165, 1.54) is 11.9 Å². The first-order valence-electron chi connectivity index (χ1n) is 5.62. The van der Waals surface area contributed by atoms with Gasteiger partial charge in [0.25, 0.3) is 0 Å². The lowest BCUT2D eigenvalue weighted by Gasteiger charge is -2.23. The van der Waals surface area contributed by atoms with Gasteiger partial charge in [0, 0.05) is 0 Å². The molecule has 16 heavy (non-hydrogen) atoms. The number of alkyl halides is 3. The summed E-state index contributed by atoms with van der Waals surface area (Å²) >= 11 is 0. The second-order valence-corrected chi connectivity index (χ2v) is 5.18. The Bertz CT molecular complexity index is 190. The highest BCUT2D eigenvalue weighted by Crippen LogP contribution is 2.21. The quantitative estimate of drug-likeness (QED) is 0.693. The second-order valence-electron chi connectivity index (χ2n) is 5.18. The monoisotopic (exact) mass is 240 g/mol. The van der Waals surface area contributed by atoms with E-state index in [9.17, 15) is 13.2 Å². The van der Waals surface area contributed by atoms with E-state index in [4.69, 9.17) is 5.73 Å². The van der Waals surface area contributed by atoms with Gasteiger partial charge in [-0.25, -0.2) is 0 Å². The number of hydrogen-bond acceptors (Lipinski definition) is 2. The van der Waals surface area contributed by atoms with Crippen molar-refractivity contribution in [2.24, 2.45) is 11.1 Å². The van der Waals surface area contributed by atoms with Gasteiger partial charge in [-0.1, -0.05) is 20.3 Å². The molecule has 0 unspecified atom stereocenters. The fourth-order valence-corrected chi connectivity index (χ4v) is 1.47. The summed E-state index contributed by atoms with van der Waals surface area (Å²) in [5, 5.41) is 0. The van der Waals surface area contributed by atoms with Crippen LogP contribution in [0.5, 0.6) is 0 Å². The minimum atomic E-state index is -4.09. The summed E-state index contributed by atoms with van der Waals surface area (Å²) in [4.78, 5) is 1.31. The molecule has 0 rings (SSSR count). The molecule has 0 aromatic heterocycles. The lowest BCUT2D eigenvalue weighted by Crippen LogP contribution is -2.32. The molecule has 98 valence electrons. The molecule has 0 aliphatic heterocycles. The van der Waals surface area contributed by atoms with E-state index in [1.54, 1.807) is 0 Å². The van der Waals surface area contributed by atoms with Crippen LogP contribution < -0.4 is 5.73 Å². The van der Waals surface area contributed by atoms with Crippen LogP contribution in [0.3, 0.4) is 0 Å². The van der Waals surface area contributed by atoms with Gasteiger partial charge in [-0.05, 0) is 38.4 Å². The Balaban J connectivity index is 3.60. The van der Waals surface area contributed by atoms with Crippen LogP contribution in [0.4, 0.5) is 13.2 Å². The zero-order chi connectivity index (χ0) is 12.8. The van der Waals surface area contributed by atoms with Crippen LogP contribution >= 0.6 is 0 Å². The molecule has 0 saturated carbocycles. The summed E-state index contributed by atoms with van der Waals surface area (Å²) in [5.74, 6) is 0. The number of halogens is 3. The number of nitrogens with zero attached hydrogens (tertiary/aromatic N) is 1. The number of hydrogen-bond donors (Lipinski definition) is 1. The molecule has 0 spiro atoms. The van der Waals surface area contributed by atoms with E-state index in [1.807, 2.05) is 0 Å². The summed E-state index contributed by atoms with van der Waals surface area (Å²) in [6, 6.07) is 0. The van der Waals surface area contributed by atoms with Gasteiger partial charge < -0.3 is 5.73 Å². The third kappa shape index (κ3) is 8.97. The molecule has 0 fully saturated rings. The summed E-state index contributed by atoms with van der Waals surface area (Å²) < 4.78 is 36.0. The molecule has 0 aromatic carbocycles. The molecule has 0 radical (unpaired) electrons. The minimum absolute atomic E-state index is 0.0998. The fraction of sp³-hybridized carbons (Fsp3) is 1.00. The van der Waals surface area contributed by atoms with Crippen molar-refractivity contribution in [1.29, 1.82) is 0 Å². The normalized spacial score (nSPS) is 13.5. The van der Waals surface area contributed by atoms with Crippen LogP contribution in [0.15, 0.2) is 0 Å². The highest BCUT2D eigenvalue weighted by molar-refractivity contribution is 4.69. The first-order chi connectivity index (χ1) is 7.16. The van der Waals surface area contributed by atoms with E-state index < -0.39 is 12.7 Å².